The third-order valence-corrected chi connectivity index (χ3v) is 4.13. The highest BCUT2D eigenvalue weighted by Gasteiger charge is 2.25. The van der Waals surface area contributed by atoms with Crippen LogP contribution in [0.25, 0.3) is 0 Å². The standard InChI is InChI=1S/C16H21F2NO2/c17-13-7-5-11(14(18)9-13)6-8-16(21)19-15-4-2-1-3-12(15)10-20/h5,7,9,12,15,20H,1-4,6,8,10H2,(H,19,21). The van der Waals surface area contributed by atoms with E-state index < -0.39 is 11.6 Å². The van der Waals surface area contributed by atoms with E-state index >= 15 is 0 Å². The third-order valence-electron chi connectivity index (χ3n) is 4.13. The van der Waals surface area contributed by atoms with Gasteiger partial charge in [-0.25, -0.2) is 8.78 Å². The molecule has 1 fully saturated rings. The maximum atomic E-state index is 13.5. The Labute approximate surface area is 123 Å². The molecular weight excluding hydrogens is 276 g/mol. The number of aliphatic hydroxyl groups excluding tert-OH is 1. The van der Waals surface area contributed by atoms with Gasteiger partial charge in [0.15, 0.2) is 0 Å². The third kappa shape index (κ3) is 4.49. The van der Waals surface area contributed by atoms with Crippen LogP contribution in [0.2, 0.25) is 0 Å². The molecule has 0 bridgehead atoms. The summed E-state index contributed by atoms with van der Waals surface area (Å²) in [6, 6.07) is 3.40. The van der Waals surface area contributed by atoms with Crippen LogP contribution in [-0.4, -0.2) is 23.7 Å². The molecule has 21 heavy (non-hydrogen) atoms. The first-order valence-electron chi connectivity index (χ1n) is 7.44. The second-order valence-corrected chi connectivity index (χ2v) is 5.64. The second-order valence-electron chi connectivity index (χ2n) is 5.64. The summed E-state index contributed by atoms with van der Waals surface area (Å²) in [5, 5.41) is 12.2. The summed E-state index contributed by atoms with van der Waals surface area (Å²) in [6.07, 6.45) is 4.34. The average molecular weight is 297 g/mol. The monoisotopic (exact) mass is 297 g/mol. The fraction of sp³-hybridized carbons (Fsp3) is 0.562. The molecule has 2 atom stereocenters. The van der Waals surface area contributed by atoms with Crippen molar-refractivity contribution in [2.75, 3.05) is 6.61 Å². The van der Waals surface area contributed by atoms with E-state index in [4.69, 9.17) is 0 Å². The minimum absolute atomic E-state index is 0.00862. The lowest BCUT2D eigenvalue weighted by atomic mass is 9.85. The molecule has 0 aliphatic heterocycles. The lowest BCUT2D eigenvalue weighted by molar-refractivity contribution is -0.122. The largest absolute Gasteiger partial charge is 0.396 e. The number of hydrogen-bond acceptors (Lipinski definition) is 2. The number of nitrogens with one attached hydrogen (secondary N) is 1. The average Bonchev–Trinajstić information content (AvgIpc) is 2.47. The molecule has 116 valence electrons. The van der Waals surface area contributed by atoms with Crippen molar-refractivity contribution in [1.29, 1.82) is 0 Å². The lowest BCUT2D eigenvalue weighted by Gasteiger charge is -2.30. The van der Waals surface area contributed by atoms with Crippen molar-refractivity contribution in [3.8, 4) is 0 Å². The van der Waals surface area contributed by atoms with E-state index in [2.05, 4.69) is 5.32 Å². The van der Waals surface area contributed by atoms with E-state index in [1.54, 1.807) is 0 Å². The molecule has 1 aromatic rings. The number of rotatable bonds is 5. The van der Waals surface area contributed by atoms with Crippen LogP contribution in [0.3, 0.4) is 0 Å². The Balaban J connectivity index is 1.84. The zero-order valence-electron chi connectivity index (χ0n) is 11.9. The van der Waals surface area contributed by atoms with Crippen LogP contribution >= 0.6 is 0 Å². The van der Waals surface area contributed by atoms with Crippen LogP contribution in [-0.2, 0) is 11.2 Å². The Morgan fingerprint density at radius 1 is 1.29 bits per heavy atom. The summed E-state index contributed by atoms with van der Waals surface area (Å²) in [5.41, 5.74) is 0.342. The minimum atomic E-state index is -0.617. The Morgan fingerprint density at radius 3 is 2.76 bits per heavy atom. The number of carbonyl (C=O) groups is 1. The number of hydrogen-bond donors (Lipinski definition) is 2. The van der Waals surface area contributed by atoms with Crippen molar-refractivity contribution in [2.24, 2.45) is 5.92 Å². The molecule has 0 saturated heterocycles. The van der Waals surface area contributed by atoms with Crippen molar-refractivity contribution in [2.45, 2.75) is 44.6 Å². The highest BCUT2D eigenvalue weighted by Crippen LogP contribution is 2.24. The Kier molecular flexibility index (Phi) is 5.67. The van der Waals surface area contributed by atoms with E-state index in [0.717, 1.165) is 31.7 Å². The van der Waals surface area contributed by atoms with Crippen LogP contribution in [0.4, 0.5) is 8.78 Å². The predicted octanol–water partition coefficient (Wildman–Crippen LogP) is 2.56. The van der Waals surface area contributed by atoms with Gasteiger partial charge in [-0.3, -0.25) is 4.79 Å². The quantitative estimate of drug-likeness (QED) is 0.877. The topological polar surface area (TPSA) is 49.3 Å². The molecule has 0 heterocycles. The van der Waals surface area contributed by atoms with Gasteiger partial charge in [0.1, 0.15) is 11.6 Å². The van der Waals surface area contributed by atoms with E-state index in [1.165, 1.54) is 12.1 Å². The van der Waals surface area contributed by atoms with E-state index in [-0.39, 0.29) is 37.3 Å². The molecule has 2 N–H and O–H groups in total. The van der Waals surface area contributed by atoms with Crippen LogP contribution in [0.15, 0.2) is 18.2 Å². The van der Waals surface area contributed by atoms with Gasteiger partial charge in [-0.1, -0.05) is 18.9 Å². The molecule has 1 aliphatic carbocycles. The van der Waals surface area contributed by atoms with Gasteiger partial charge < -0.3 is 10.4 Å². The van der Waals surface area contributed by atoms with Crippen molar-refractivity contribution in [1.82, 2.24) is 5.32 Å². The maximum Gasteiger partial charge on any atom is 0.220 e. The van der Waals surface area contributed by atoms with Crippen LogP contribution in [0.5, 0.6) is 0 Å². The van der Waals surface area contributed by atoms with Gasteiger partial charge in [0.2, 0.25) is 5.91 Å². The molecule has 5 heteroatoms. The van der Waals surface area contributed by atoms with Gasteiger partial charge in [0, 0.05) is 31.1 Å². The smallest absolute Gasteiger partial charge is 0.220 e. The van der Waals surface area contributed by atoms with Crippen LogP contribution in [0.1, 0.15) is 37.7 Å². The lowest BCUT2D eigenvalue weighted by Crippen LogP contribution is -2.43. The van der Waals surface area contributed by atoms with E-state index in [9.17, 15) is 18.7 Å². The molecule has 1 saturated carbocycles. The number of carbonyl (C=O) groups excluding carboxylic acids is 1. The zero-order chi connectivity index (χ0) is 15.2. The molecule has 2 rings (SSSR count). The molecule has 1 aliphatic rings. The van der Waals surface area contributed by atoms with Gasteiger partial charge >= 0.3 is 0 Å². The molecule has 1 amide bonds. The highest BCUT2D eigenvalue weighted by molar-refractivity contribution is 5.76. The normalized spacial score (nSPS) is 22.0. The summed E-state index contributed by atoms with van der Waals surface area (Å²) in [5.74, 6) is -1.27. The molecular formula is C16H21F2NO2. The molecule has 0 aromatic heterocycles. The van der Waals surface area contributed by atoms with Crippen molar-refractivity contribution in [3.05, 3.63) is 35.4 Å². The summed E-state index contributed by atoms with van der Waals surface area (Å²) in [7, 11) is 0. The molecule has 2 unspecified atom stereocenters. The molecule has 0 radical (unpaired) electrons. The SMILES string of the molecule is O=C(CCc1ccc(F)cc1F)NC1CCCCC1CO. The number of aliphatic hydroxyl groups is 1. The van der Waals surface area contributed by atoms with Gasteiger partial charge in [0.25, 0.3) is 0 Å². The minimum Gasteiger partial charge on any atom is -0.396 e. The van der Waals surface area contributed by atoms with Crippen molar-refractivity contribution in [3.63, 3.8) is 0 Å². The summed E-state index contributed by atoms with van der Waals surface area (Å²) in [4.78, 5) is 11.9. The van der Waals surface area contributed by atoms with Gasteiger partial charge in [-0.2, -0.15) is 0 Å². The van der Waals surface area contributed by atoms with Gasteiger partial charge in [0.05, 0.1) is 0 Å². The van der Waals surface area contributed by atoms with Gasteiger partial charge in [-0.15, -0.1) is 0 Å². The molecule has 0 spiro atoms. The summed E-state index contributed by atoms with van der Waals surface area (Å²) in [6.45, 7) is 0.0809. The zero-order valence-corrected chi connectivity index (χ0v) is 11.9. The highest BCUT2D eigenvalue weighted by atomic mass is 19.1. The van der Waals surface area contributed by atoms with Crippen molar-refractivity contribution >= 4 is 5.91 Å². The van der Waals surface area contributed by atoms with E-state index in [1.807, 2.05) is 0 Å². The Morgan fingerprint density at radius 2 is 2.05 bits per heavy atom. The number of halogens is 2. The van der Waals surface area contributed by atoms with Crippen LogP contribution in [0, 0.1) is 17.6 Å². The maximum absolute atomic E-state index is 13.5. The van der Waals surface area contributed by atoms with Crippen molar-refractivity contribution < 1.29 is 18.7 Å². The first kappa shape index (κ1) is 15.9. The summed E-state index contributed by atoms with van der Waals surface area (Å²) >= 11 is 0. The van der Waals surface area contributed by atoms with E-state index in [0.29, 0.717) is 5.56 Å². The molecule has 3 nitrogen and oxygen atoms in total. The number of benzene rings is 1. The first-order valence-corrected chi connectivity index (χ1v) is 7.44. The molecule has 1 aromatic carbocycles. The summed E-state index contributed by atoms with van der Waals surface area (Å²) < 4.78 is 26.3. The fourth-order valence-corrected chi connectivity index (χ4v) is 2.87. The number of aryl methyl sites for hydroxylation is 1. The Hall–Kier alpha value is -1.49. The second kappa shape index (κ2) is 7.50. The Bertz CT molecular complexity index is 493. The van der Waals surface area contributed by atoms with Gasteiger partial charge in [-0.05, 0) is 30.9 Å². The fourth-order valence-electron chi connectivity index (χ4n) is 2.87. The predicted molar refractivity (Wildman–Crippen MR) is 75.7 cm³/mol. The van der Waals surface area contributed by atoms with Crippen LogP contribution < -0.4 is 5.32 Å². The number of amides is 1. The first-order chi connectivity index (χ1) is 10.1.